The topological polar surface area (TPSA) is 131 Å². The molecular weight excluding hydrogens is 398 g/mol. The molecule has 1 saturated carbocycles. The quantitative estimate of drug-likeness (QED) is 0.595. The van der Waals surface area contributed by atoms with Gasteiger partial charge in [-0.1, -0.05) is 24.4 Å². The Balaban J connectivity index is 1.90. The molecule has 148 valence electrons. The van der Waals surface area contributed by atoms with Crippen LogP contribution in [0.3, 0.4) is 0 Å². The first-order valence-electron chi connectivity index (χ1n) is 8.23. The van der Waals surface area contributed by atoms with Crippen molar-refractivity contribution < 1.29 is 27.5 Å². The number of sulfonamides is 1. The lowest BCUT2D eigenvalue weighted by Crippen LogP contribution is -2.45. The molecule has 11 heteroatoms. The highest BCUT2D eigenvalue weighted by atomic mass is 35.5. The Labute approximate surface area is 161 Å². The summed E-state index contributed by atoms with van der Waals surface area (Å²) in [6, 6.07) is 2.95. The van der Waals surface area contributed by atoms with Crippen molar-refractivity contribution >= 4 is 39.5 Å². The Bertz CT molecular complexity index is 837. The number of ether oxygens (including phenoxy) is 1. The first-order chi connectivity index (χ1) is 12.7. The van der Waals surface area contributed by atoms with Crippen molar-refractivity contribution in [1.29, 1.82) is 0 Å². The molecule has 1 aliphatic rings. The van der Waals surface area contributed by atoms with Crippen LogP contribution in [0.25, 0.3) is 0 Å². The average Bonchev–Trinajstić information content (AvgIpc) is 3.12. The van der Waals surface area contributed by atoms with Gasteiger partial charge in [-0.15, -0.1) is 0 Å². The van der Waals surface area contributed by atoms with Gasteiger partial charge in [-0.25, -0.2) is 22.7 Å². The number of benzene rings is 1. The SMILES string of the molecule is CNS(=O)(=O)c1cc(C(=O)OCC(=O)NC(=O)NC2CCCC2)ccc1Cl. The van der Waals surface area contributed by atoms with Crippen molar-refractivity contribution in [1.82, 2.24) is 15.4 Å². The normalized spacial score (nSPS) is 14.6. The van der Waals surface area contributed by atoms with Crippen LogP contribution in [0, 0.1) is 0 Å². The van der Waals surface area contributed by atoms with Gasteiger partial charge in [0.15, 0.2) is 6.61 Å². The maximum absolute atomic E-state index is 12.0. The molecule has 1 fully saturated rings. The molecule has 3 N–H and O–H groups in total. The molecule has 0 radical (unpaired) electrons. The van der Waals surface area contributed by atoms with Crippen molar-refractivity contribution in [3.05, 3.63) is 28.8 Å². The third kappa shape index (κ3) is 5.91. The fourth-order valence-electron chi connectivity index (χ4n) is 2.61. The highest BCUT2D eigenvalue weighted by Gasteiger charge is 2.21. The van der Waals surface area contributed by atoms with Crippen LogP contribution in [-0.2, 0) is 19.6 Å². The molecule has 0 bridgehead atoms. The van der Waals surface area contributed by atoms with E-state index in [1.807, 2.05) is 0 Å². The molecule has 0 unspecified atom stereocenters. The first-order valence-corrected chi connectivity index (χ1v) is 10.1. The van der Waals surface area contributed by atoms with E-state index in [9.17, 15) is 22.8 Å². The predicted molar refractivity (Wildman–Crippen MR) is 96.9 cm³/mol. The predicted octanol–water partition coefficient (Wildman–Crippen LogP) is 1.17. The standard InChI is InChI=1S/C16H20ClN3O6S/c1-18-27(24,25)13-8-10(6-7-12(13)17)15(22)26-9-14(21)20-16(23)19-11-4-2-3-5-11/h6-8,11,18H,2-5,9H2,1H3,(H2,19,20,21,23). The number of hydrogen-bond donors (Lipinski definition) is 3. The zero-order chi connectivity index (χ0) is 20.0. The zero-order valence-corrected chi connectivity index (χ0v) is 16.2. The van der Waals surface area contributed by atoms with Gasteiger partial charge >= 0.3 is 12.0 Å². The minimum atomic E-state index is -3.87. The zero-order valence-electron chi connectivity index (χ0n) is 14.6. The second-order valence-electron chi connectivity index (χ2n) is 5.93. The van der Waals surface area contributed by atoms with Crippen molar-refractivity contribution in [3.8, 4) is 0 Å². The summed E-state index contributed by atoms with van der Waals surface area (Å²) in [6.45, 7) is -0.687. The molecule has 1 aromatic carbocycles. The van der Waals surface area contributed by atoms with Gasteiger partial charge in [0.2, 0.25) is 10.0 Å². The fourth-order valence-corrected chi connectivity index (χ4v) is 3.86. The molecule has 0 saturated heterocycles. The van der Waals surface area contributed by atoms with Crippen LogP contribution in [0.5, 0.6) is 0 Å². The van der Waals surface area contributed by atoms with Gasteiger partial charge in [0.05, 0.1) is 10.6 Å². The van der Waals surface area contributed by atoms with Crippen molar-refractivity contribution in [2.24, 2.45) is 0 Å². The Morgan fingerprint density at radius 3 is 2.52 bits per heavy atom. The Kier molecular flexibility index (Phi) is 7.17. The number of rotatable bonds is 6. The van der Waals surface area contributed by atoms with Gasteiger partial charge in [0.1, 0.15) is 4.90 Å². The van der Waals surface area contributed by atoms with Crippen molar-refractivity contribution in [2.75, 3.05) is 13.7 Å². The maximum Gasteiger partial charge on any atom is 0.338 e. The largest absolute Gasteiger partial charge is 0.452 e. The van der Waals surface area contributed by atoms with Crippen LogP contribution in [0.1, 0.15) is 36.0 Å². The molecule has 1 aromatic rings. The van der Waals surface area contributed by atoms with E-state index in [0.717, 1.165) is 31.7 Å². The number of nitrogens with one attached hydrogen (secondary N) is 3. The smallest absolute Gasteiger partial charge is 0.338 e. The number of halogens is 1. The summed E-state index contributed by atoms with van der Waals surface area (Å²) in [7, 11) is -2.66. The lowest BCUT2D eigenvalue weighted by Gasteiger charge is -2.12. The monoisotopic (exact) mass is 417 g/mol. The summed E-state index contributed by atoms with van der Waals surface area (Å²) < 4.78 is 30.6. The number of hydrogen-bond acceptors (Lipinski definition) is 6. The van der Waals surface area contributed by atoms with Crippen LogP contribution in [0.15, 0.2) is 23.1 Å². The van der Waals surface area contributed by atoms with E-state index < -0.39 is 34.5 Å². The summed E-state index contributed by atoms with van der Waals surface area (Å²) in [6.07, 6.45) is 3.79. The van der Waals surface area contributed by atoms with E-state index in [2.05, 4.69) is 15.4 Å². The summed E-state index contributed by atoms with van der Waals surface area (Å²) in [5.74, 6) is -1.72. The fraction of sp³-hybridized carbons (Fsp3) is 0.438. The van der Waals surface area contributed by atoms with Gasteiger partial charge in [0, 0.05) is 6.04 Å². The molecule has 0 atom stereocenters. The number of carbonyl (C=O) groups excluding carboxylic acids is 3. The Morgan fingerprint density at radius 1 is 1.22 bits per heavy atom. The molecular formula is C16H20ClN3O6S. The third-order valence-electron chi connectivity index (χ3n) is 4.00. The molecule has 0 aromatic heterocycles. The summed E-state index contributed by atoms with van der Waals surface area (Å²) in [4.78, 5) is 35.1. The highest BCUT2D eigenvalue weighted by Crippen LogP contribution is 2.22. The third-order valence-corrected chi connectivity index (χ3v) is 5.90. The molecule has 0 aliphatic heterocycles. The van der Waals surface area contributed by atoms with Crippen LogP contribution >= 0.6 is 11.6 Å². The van der Waals surface area contributed by atoms with Gasteiger partial charge in [0.25, 0.3) is 5.91 Å². The van der Waals surface area contributed by atoms with Gasteiger partial charge in [-0.3, -0.25) is 10.1 Å². The molecule has 0 heterocycles. The summed E-state index contributed by atoms with van der Waals surface area (Å²) in [5.41, 5.74) is -0.101. The number of urea groups is 1. The Hall–Kier alpha value is -2.17. The highest BCUT2D eigenvalue weighted by molar-refractivity contribution is 7.89. The van der Waals surface area contributed by atoms with Crippen molar-refractivity contribution in [2.45, 2.75) is 36.6 Å². The molecule has 27 heavy (non-hydrogen) atoms. The van der Waals surface area contributed by atoms with Crippen molar-refractivity contribution in [3.63, 3.8) is 0 Å². The van der Waals surface area contributed by atoms with E-state index in [1.54, 1.807) is 0 Å². The van der Waals surface area contributed by atoms with E-state index in [1.165, 1.54) is 19.2 Å². The second kappa shape index (κ2) is 9.16. The molecule has 0 spiro atoms. The lowest BCUT2D eigenvalue weighted by atomic mass is 10.2. The van der Waals surface area contributed by atoms with Gasteiger partial charge < -0.3 is 10.1 Å². The lowest BCUT2D eigenvalue weighted by molar-refractivity contribution is -0.123. The minimum Gasteiger partial charge on any atom is -0.452 e. The van der Waals surface area contributed by atoms with E-state index in [-0.39, 0.29) is 21.5 Å². The van der Waals surface area contributed by atoms with Crippen LogP contribution < -0.4 is 15.4 Å². The maximum atomic E-state index is 12.0. The van der Waals surface area contributed by atoms with Gasteiger partial charge in [-0.05, 0) is 38.1 Å². The number of imide groups is 1. The molecule has 3 amide bonds. The Morgan fingerprint density at radius 2 is 1.89 bits per heavy atom. The van der Waals surface area contributed by atoms with Crippen LogP contribution in [-0.4, -0.2) is 46.0 Å². The summed E-state index contributed by atoms with van der Waals surface area (Å²) in [5, 5.41) is 4.67. The minimum absolute atomic E-state index is 0.0435. The van der Waals surface area contributed by atoms with Crippen LogP contribution in [0.2, 0.25) is 5.02 Å². The second-order valence-corrected chi connectivity index (χ2v) is 8.19. The van der Waals surface area contributed by atoms with E-state index in [4.69, 9.17) is 16.3 Å². The number of esters is 1. The molecule has 9 nitrogen and oxygen atoms in total. The number of carbonyl (C=O) groups is 3. The number of amides is 3. The molecule has 2 rings (SSSR count). The first kappa shape index (κ1) is 21.1. The summed E-state index contributed by atoms with van der Waals surface area (Å²) >= 11 is 5.84. The molecule has 1 aliphatic carbocycles. The van der Waals surface area contributed by atoms with Gasteiger partial charge in [-0.2, -0.15) is 0 Å². The average molecular weight is 418 g/mol. The van der Waals surface area contributed by atoms with Crippen LogP contribution in [0.4, 0.5) is 4.79 Å². The van der Waals surface area contributed by atoms with E-state index >= 15 is 0 Å². The van der Waals surface area contributed by atoms with E-state index in [0.29, 0.717) is 0 Å².